The molecule has 35 heavy (non-hydrogen) atoms. The molecule has 1 saturated carbocycles. The van der Waals surface area contributed by atoms with Crippen molar-refractivity contribution in [2.24, 2.45) is 0 Å². The highest BCUT2D eigenvalue weighted by atomic mass is 16.1. The molecule has 7 nitrogen and oxygen atoms in total. The van der Waals surface area contributed by atoms with Gasteiger partial charge in [0.25, 0.3) is 5.56 Å². The van der Waals surface area contributed by atoms with Gasteiger partial charge in [0.05, 0.1) is 11.6 Å². The molecular formula is C28H32N6O. The van der Waals surface area contributed by atoms with Crippen LogP contribution in [0.5, 0.6) is 0 Å². The Labute approximate surface area is 205 Å². The van der Waals surface area contributed by atoms with Crippen molar-refractivity contribution in [1.29, 1.82) is 0 Å². The number of nitrogens with one attached hydrogen (secondary N) is 1. The summed E-state index contributed by atoms with van der Waals surface area (Å²) in [7, 11) is 0. The van der Waals surface area contributed by atoms with Gasteiger partial charge < -0.3 is 9.88 Å². The Kier molecular flexibility index (Phi) is 5.43. The van der Waals surface area contributed by atoms with Crippen molar-refractivity contribution in [3.63, 3.8) is 0 Å². The van der Waals surface area contributed by atoms with E-state index in [0.29, 0.717) is 5.56 Å². The number of fused-ring (bicyclic) bond motifs is 2. The predicted molar refractivity (Wildman–Crippen MR) is 138 cm³/mol. The number of aryl methyl sites for hydroxylation is 2. The van der Waals surface area contributed by atoms with E-state index in [9.17, 15) is 4.79 Å². The average Bonchev–Trinajstić information content (AvgIpc) is 3.48. The largest absolute Gasteiger partial charge is 0.354 e. The van der Waals surface area contributed by atoms with E-state index in [1.807, 2.05) is 11.6 Å². The molecule has 3 heterocycles. The summed E-state index contributed by atoms with van der Waals surface area (Å²) in [4.78, 5) is 19.3. The first-order valence-corrected chi connectivity index (χ1v) is 12.8. The third-order valence-electron chi connectivity index (χ3n) is 7.99. The van der Waals surface area contributed by atoms with Crippen LogP contribution >= 0.6 is 0 Å². The van der Waals surface area contributed by atoms with Crippen LogP contribution in [0.4, 0.5) is 5.69 Å². The second-order valence-electron chi connectivity index (χ2n) is 10.3. The molecule has 1 fully saturated rings. The lowest BCUT2D eigenvalue weighted by molar-refractivity contribution is 0.312. The van der Waals surface area contributed by atoms with Crippen LogP contribution in [0.25, 0.3) is 10.9 Å². The van der Waals surface area contributed by atoms with Crippen LogP contribution in [0.1, 0.15) is 79.2 Å². The van der Waals surface area contributed by atoms with Crippen molar-refractivity contribution in [3.05, 3.63) is 80.9 Å². The fraction of sp³-hybridized carbons (Fsp3) is 0.429. The molecule has 0 amide bonds. The molecule has 0 spiro atoms. The fourth-order valence-electron chi connectivity index (χ4n) is 6.16. The van der Waals surface area contributed by atoms with E-state index in [0.717, 1.165) is 52.8 Å². The molecule has 6 rings (SSSR count). The molecule has 0 saturated heterocycles. The van der Waals surface area contributed by atoms with Gasteiger partial charge in [0.2, 0.25) is 0 Å². The summed E-state index contributed by atoms with van der Waals surface area (Å²) in [6.07, 6.45) is 6.71. The van der Waals surface area contributed by atoms with Gasteiger partial charge in [-0.3, -0.25) is 4.79 Å². The maximum absolute atomic E-state index is 13.7. The van der Waals surface area contributed by atoms with E-state index < -0.39 is 0 Å². The van der Waals surface area contributed by atoms with Crippen LogP contribution in [-0.4, -0.2) is 31.2 Å². The minimum Gasteiger partial charge on any atom is -0.354 e. The number of pyridine rings is 1. The molecule has 2 aromatic heterocycles. The highest BCUT2D eigenvalue weighted by Gasteiger charge is 2.39. The summed E-state index contributed by atoms with van der Waals surface area (Å²) in [5.41, 5.74) is 6.18. The Hall–Kier alpha value is -3.48. The van der Waals surface area contributed by atoms with Gasteiger partial charge in [-0.05, 0) is 79.3 Å². The average molecular weight is 469 g/mol. The fourth-order valence-corrected chi connectivity index (χ4v) is 6.16. The second-order valence-corrected chi connectivity index (χ2v) is 10.3. The molecule has 7 heteroatoms. The number of hydrogen-bond donors (Lipinski definition) is 1. The third kappa shape index (κ3) is 3.65. The van der Waals surface area contributed by atoms with Crippen molar-refractivity contribution >= 4 is 16.6 Å². The molecule has 4 aromatic rings. The molecule has 2 aliphatic rings. The molecular weight excluding hydrogens is 436 g/mol. The number of benzene rings is 2. The molecule has 180 valence electrons. The topological polar surface area (TPSA) is 79.7 Å². The predicted octanol–water partition coefficient (Wildman–Crippen LogP) is 5.18. The quantitative estimate of drug-likeness (QED) is 0.447. The van der Waals surface area contributed by atoms with Crippen molar-refractivity contribution < 1.29 is 0 Å². The van der Waals surface area contributed by atoms with Crippen LogP contribution in [0.3, 0.4) is 0 Å². The molecule has 1 aliphatic carbocycles. The van der Waals surface area contributed by atoms with Gasteiger partial charge in [-0.2, -0.15) is 0 Å². The number of rotatable bonds is 4. The monoisotopic (exact) mass is 468 g/mol. The summed E-state index contributed by atoms with van der Waals surface area (Å²) in [5.74, 6) is 0.760. The SMILES string of the molecule is Cc1ccc(C)c2[nH]c(=O)c(C(c3nnnn3C3CCCCC3)N3c4ccccc4CC3C)cc12. The smallest absolute Gasteiger partial charge is 0.254 e. The van der Waals surface area contributed by atoms with Gasteiger partial charge in [0.15, 0.2) is 5.82 Å². The first kappa shape index (κ1) is 22.0. The Morgan fingerprint density at radius 3 is 2.63 bits per heavy atom. The maximum atomic E-state index is 13.7. The first-order valence-electron chi connectivity index (χ1n) is 12.8. The summed E-state index contributed by atoms with van der Waals surface area (Å²) < 4.78 is 2.02. The van der Waals surface area contributed by atoms with Gasteiger partial charge in [-0.15, -0.1) is 5.10 Å². The van der Waals surface area contributed by atoms with Crippen LogP contribution < -0.4 is 10.5 Å². The Bertz CT molecular complexity index is 1450. The van der Waals surface area contributed by atoms with Crippen molar-refractivity contribution in [2.75, 3.05) is 4.90 Å². The highest BCUT2D eigenvalue weighted by Crippen LogP contribution is 2.42. The first-order chi connectivity index (χ1) is 17.0. The zero-order valence-corrected chi connectivity index (χ0v) is 20.7. The number of hydrogen-bond acceptors (Lipinski definition) is 5. The minimum atomic E-state index is -0.376. The van der Waals surface area contributed by atoms with Crippen LogP contribution in [0.15, 0.2) is 47.3 Å². The van der Waals surface area contributed by atoms with Crippen molar-refractivity contribution in [2.45, 2.75) is 77.4 Å². The van der Waals surface area contributed by atoms with Gasteiger partial charge in [-0.25, -0.2) is 4.68 Å². The van der Waals surface area contributed by atoms with E-state index in [1.165, 1.54) is 24.8 Å². The summed E-state index contributed by atoms with van der Waals surface area (Å²) >= 11 is 0. The van der Waals surface area contributed by atoms with Crippen LogP contribution in [-0.2, 0) is 6.42 Å². The van der Waals surface area contributed by atoms with E-state index >= 15 is 0 Å². The molecule has 2 unspecified atom stereocenters. The van der Waals surface area contributed by atoms with Crippen LogP contribution in [0.2, 0.25) is 0 Å². The number of aromatic amines is 1. The van der Waals surface area contributed by atoms with Gasteiger partial charge >= 0.3 is 0 Å². The van der Waals surface area contributed by atoms with Gasteiger partial charge in [-0.1, -0.05) is 49.6 Å². The zero-order chi connectivity index (χ0) is 24.1. The summed E-state index contributed by atoms with van der Waals surface area (Å²) in [5, 5.41) is 14.3. The number of para-hydroxylation sites is 1. The lowest BCUT2D eigenvalue weighted by Gasteiger charge is -2.34. The Morgan fingerprint density at radius 1 is 1.03 bits per heavy atom. The lowest BCUT2D eigenvalue weighted by Crippen LogP contribution is -2.39. The number of nitrogens with zero attached hydrogens (tertiary/aromatic N) is 5. The molecule has 0 bridgehead atoms. The third-order valence-corrected chi connectivity index (χ3v) is 7.99. The Morgan fingerprint density at radius 2 is 1.80 bits per heavy atom. The van der Waals surface area contributed by atoms with Crippen molar-refractivity contribution in [3.8, 4) is 0 Å². The maximum Gasteiger partial charge on any atom is 0.254 e. The summed E-state index contributed by atoms with van der Waals surface area (Å²) in [6, 6.07) is 14.9. The summed E-state index contributed by atoms with van der Waals surface area (Å²) in [6.45, 7) is 6.36. The minimum absolute atomic E-state index is 0.0778. The molecule has 2 aromatic carbocycles. The standard InChI is InChI=1S/C28H32N6O/c1-17-13-14-18(2)25-22(17)16-23(28(35)29-25)26(33-19(3)15-20-9-7-8-12-24(20)33)27-30-31-32-34(27)21-10-5-4-6-11-21/h7-9,12-14,16,19,21,26H,4-6,10-11,15H2,1-3H3,(H,29,35). The molecule has 2 atom stereocenters. The van der Waals surface area contributed by atoms with Gasteiger partial charge in [0, 0.05) is 22.7 Å². The number of anilines is 1. The molecule has 1 N–H and O–H groups in total. The lowest BCUT2D eigenvalue weighted by atomic mass is 9.94. The van der Waals surface area contributed by atoms with Crippen LogP contribution in [0, 0.1) is 13.8 Å². The number of aromatic nitrogens is 5. The highest BCUT2D eigenvalue weighted by molar-refractivity contribution is 5.85. The Balaban J connectivity index is 1.59. The normalized spacial score (nSPS) is 19.3. The van der Waals surface area contributed by atoms with Gasteiger partial charge in [0.1, 0.15) is 6.04 Å². The zero-order valence-electron chi connectivity index (χ0n) is 20.7. The van der Waals surface area contributed by atoms with E-state index in [2.05, 4.69) is 81.7 Å². The second kappa shape index (κ2) is 8.63. The molecule has 0 radical (unpaired) electrons. The number of H-pyrrole nitrogens is 1. The molecule has 1 aliphatic heterocycles. The van der Waals surface area contributed by atoms with Crippen molar-refractivity contribution in [1.82, 2.24) is 25.2 Å². The number of tetrazole rings is 1. The van der Waals surface area contributed by atoms with E-state index in [4.69, 9.17) is 0 Å². The van der Waals surface area contributed by atoms with E-state index in [1.54, 1.807) is 0 Å². The van der Waals surface area contributed by atoms with E-state index in [-0.39, 0.29) is 23.7 Å².